The number of benzene rings is 1. The maximum absolute atomic E-state index is 14.3. The van der Waals surface area contributed by atoms with Crippen molar-refractivity contribution in [2.24, 2.45) is 0 Å². The molecule has 0 aromatic heterocycles. The molecule has 0 atom stereocenters. The lowest BCUT2D eigenvalue weighted by Gasteiger charge is -2.18. The molecule has 1 aliphatic carbocycles. The fourth-order valence-electron chi connectivity index (χ4n) is 3.19. The van der Waals surface area contributed by atoms with Crippen LogP contribution in [0.1, 0.15) is 34.3 Å². The molecule has 0 radical (unpaired) electrons. The molecule has 1 heterocycles. The van der Waals surface area contributed by atoms with Crippen molar-refractivity contribution in [2.45, 2.75) is 19.4 Å². The van der Waals surface area contributed by atoms with Crippen LogP contribution in [0.2, 0.25) is 0 Å². The van der Waals surface area contributed by atoms with E-state index in [4.69, 9.17) is 0 Å². The molecule has 0 saturated carbocycles. The number of ether oxygens (including phenoxy) is 1. The van der Waals surface area contributed by atoms with E-state index in [1.54, 1.807) is 24.3 Å². The molecular formula is C21H19FN2O4. The summed E-state index contributed by atoms with van der Waals surface area (Å²) in [6, 6.07) is 5.06. The summed E-state index contributed by atoms with van der Waals surface area (Å²) in [7, 11) is 1.16. The quantitative estimate of drug-likeness (QED) is 0.628. The number of carbonyl (C=O) groups is 3. The number of nitrogens with zero attached hydrogens (tertiary/aromatic N) is 1. The van der Waals surface area contributed by atoms with Gasteiger partial charge in [-0.2, -0.15) is 0 Å². The molecule has 7 heteroatoms. The predicted octanol–water partition coefficient (Wildman–Crippen LogP) is 2.99. The molecule has 2 amide bonds. The molecule has 144 valence electrons. The van der Waals surface area contributed by atoms with E-state index in [-0.39, 0.29) is 23.8 Å². The van der Waals surface area contributed by atoms with Gasteiger partial charge >= 0.3 is 5.97 Å². The van der Waals surface area contributed by atoms with Crippen molar-refractivity contribution in [1.82, 2.24) is 10.2 Å². The molecule has 0 saturated heterocycles. The number of allylic oxidation sites excluding steroid dienone is 4. The van der Waals surface area contributed by atoms with E-state index in [0.29, 0.717) is 28.7 Å². The zero-order valence-corrected chi connectivity index (χ0v) is 15.4. The van der Waals surface area contributed by atoms with E-state index in [1.165, 1.54) is 11.0 Å². The van der Waals surface area contributed by atoms with E-state index < -0.39 is 17.8 Å². The summed E-state index contributed by atoms with van der Waals surface area (Å²) in [5.41, 5.74) is 1.67. The van der Waals surface area contributed by atoms with Gasteiger partial charge in [0.15, 0.2) is 0 Å². The van der Waals surface area contributed by atoms with Gasteiger partial charge in [-0.25, -0.2) is 9.18 Å². The van der Waals surface area contributed by atoms with Crippen molar-refractivity contribution in [2.75, 3.05) is 7.11 Å². The number of rotatable bonds is 5. The number of amides is 2. The molecule has 2 aliphatic rings. The van der Waals surface area contributed by atoms with Gasteiger partial charge in [0.1, 0.15) is 17.2 Å². The molecule has 0 bridgehead atoms. The number of nitrogens with one attached hydrogen (secondary N) is 1. The number of hydrogen-bond donors (Lipinski definition) is 1. The van der Waals surface area contributed by atoms with Gasteiger partial charge in [-0.05, 0) is 36.1 Å². The highest BCUT2D eigenvalue weighted by molar-refractivity contribution is 6.07. The summed E-state index contributed by atoms with van der Waals surface area (Å²) in [6.45, 7) is 7.15. The first kappa shape index (κ1) is 19.3. The van der Waals surface area contributed by atoms with E-state index in [1.807, 2.05) is 0 Å². The third kappa shape index (κ3) is 3.38. The van der Waals surface area contributed by atoms with Crippen LogP contribution in [-0.2, 0) is 20.9 Å². The van der Waals surface area contributed by atoms with Gasteiger partial charge in [-0.15, -0.1) is 0 Å². The lowest BCUT2D eigenvalue weighted by molar-refractivity contribution is -0.137. The third-order valence-electron chi connectivity index (χ3n) is 4.64. The molecule has 6 nitrogen and oxygen atoms in total. The first-order valence-corrected chi connectivity index (χ1v) is 8.63. The predicted molar refractivity (Wildman–Crippen MR) is 101 cm³/mol. The minimum atomic E-state index is -0.800. The van der Waals surface area contributed by atoms with Gasteiger partial charge in [0, 0.05) is 11.1 Å². The highest BCUT2D eigenvalue weighted by Gasteiger charge is 2.34. The van der Waals surface area contributed by atoms with E-state index >= 15 is 0 Å². The maximum Gasteiger partial charge on any atom is 0.353 e. The number of fused-ring (bicyclic) bond motifs is 1. The van der Waals surface area contributed by atoms with Crippen molar-refractivity contribution in [3.63, 3.8) is 0 Å². The Morgan fingerprint density at radius 2 is 1.86 bits per heavy atom. The standard InChI is InChI=1S/C21H19FN2O4/c1-12(21(27)28-3)23-19(25)13(2)24-11-17-14(8-6-9-16(17)20(24)26)15-7-4-5-10-18(15)22/h6-10H,1-2,4-5,11H2,3H3,(H,23,25). The van der Waals surface area contributed by atoms with Crippen LogP contribution < -0.4 is 5.32 Å². The molecule has 0 fully saturated rings. The monoisotopic (exact) mass is 382 g/mol. The SMILES string of the molecule is C=C(NC(=O)C(=C)N1Cc2c(cccc2C2=CCCC=C2F)C1=O)C(=O)OC. The Morgan fingerprint density at radius 3 is 2.54 bits per heavy atom. The fraction of sp³-hybridized carbons (Fsp3) is 0.190. The number of esters is 1. The molecule has 28 heavy (non-hydrogen) atoms. The minimum absolute atomic E-state index is 0.0753. The van der Waals surface area contributed by atoms with Crippen LogP contribution in [0.25, 0.3) is 5.57 Å². The highest BCUT2D eigenvalue weighted by Crippen LogP contribution is 2.36. The van der Waals surface area contributed by atoms with Gasteiger partial charge in [-0.1, -0.05) is 31.4 Å². The fourth-order valence-corrected chi connectivity index (χ4v) is 3.19. The average Bonchev–Trinajstić information content (AvgIpc) is 3.04. The lowest BCUT2D eigenvalue weighted by atomic mass is 9.93. The topological polar surface area (TPSA) is 75.7 Å². The van der Waals surface area contributed by atoms with Crippen LogP contribution in [-0.4, -0.2) is 29.8 Å². The van der Waals surface area contributed by atoms with E-state index in [9.17, 15) is 18.8 Å². The van der Waals surface area contributed by atoms with Gasteiger partial charge in [0.25, 0.3) is 11.8 Å². The molecule has 0 unspecified atom stereocenters. The zero-order valence-electron chi connectivity index (χ0n) is 15.4. The van der Waals surface area contributed by atoms with Crippen LogP contribution in [0.4, 0.5) is 4.39 Å². The van der Waals surface area contributed by atoms with Gasteiger partial charge < -0.3 is 10.1 Å². The molecule has 3 rings (SSSR count). The smallest absolute Gasteiger partial charge is 0.353 e. The van der Waals surface area contributed by atoms with Crippen molar-refractivity contribution in [3.05, 3.63) is 77.4 Å². The Hall–Kier alpha value is -3.48. The van der Waals surface area contributed by atoms with E-state index in [2.05, 4.69) is 23.2 Å². The molecule has 1 aromatic carbocycles. The normalized spacial score (nSPS) is 15.4. The van der Waals surface area contributed by atoms with Crippen LogP contribution in [0.5, 0.6) is 0 Å². The van der Waals surface area contributed by atoms with Crippen LogP contribution in [0.15, 0.2) is 60.7 Å². The highest BCUT2D eigenvalue weighted by atomic mass is 19.1. The Kier molecular flexibility index (Phi) is 5.26. The van der Waals surface area contributed by atoms with Crippen LogP contribution in [0.3, 0.4) is 0 Å². The summed E-state index contributed by atoms with van der Waals surface area (Å²) in [5.74, 6) is -2.29. The first-order chi connectivity index (χ1) is 13.3. The number of methoxy groups -OCH3 is 1. The van der Waals surface area contributed by atoms with Crippen LogP contribution >= 0.6 is 0 Å². The average molecular weight is 382 g/mol. The summed E-state index contributed by atoms with van der Waals surface area (Å²) in [6.07, 6.45) is 4.68. The Labute approximate surface area is 161 Å². The molecule has 1 N–H and O–H groups in total. The number of hydrogen-bond acceptors (Lipinski definition) is 4. The lowest BCUT2D eigenvalue weighted by Crippen LogP contribution is -2.36. The largest absolute Gasteiger partial charge is 0.464 e. The third-order valence-corrected chi connectivity index (χ3v) is 4.64. The summed E-state index contributed by atoms with van der Waals surface area (Å²) < 4.78 is 18.8. The van der Waals surface area contributed by atoms with Crippen molar-refractivity contribution in [3.8, 4) is 0 Å². The minimum Gasteiger partial charge on any atom is -0.464 e. The second kappa shape index (κ2) is 7.64. The second-order valence-electron chi connectivity index (χ2n) is 6.34. The van der Waals surface area contributed by atoms with Crippen molar-refractivity contribution >= 4 is 23.4 Å². The Balaban J connectivity index is 1.85. The van der Waals surface area contributed by atoms with Gasteiger partial charge in [-0.3, -0.25) is 14.5 Å². The van der Waals surface area contributed by atoms with Crippen molar-refractivity contribution in [1.29, 1.82) is 0 Å². The molecule has 0 spiro atoms. The number of carbonyl (C=O) groups excluding carboxylic acids is 3. The maximum atomic E-state index is 14.3. The van der Waals surface area contributed by atoms with Gasteiger partial charge in [0.05, 0.1) is 13.7 Å². The zero-order chi connectivity index (χ0) is 20.4. The van der Waals surface area contributed by atoms with Gasteiger partial charge in [0.2, 0.25) is 0 Å². The van der Waals surface area contributed by atoms with Crippen LogP contribution in [0, 0.1) is 0 Å². The molecule has 1 aromatic rings. The summed E-state index contributed by atoms with van der Waals surface area (Å²) in [5, 5.41) is 2.26. The molecular weight excluding hydrogens is 363 g/mol. The van der Waals surface area contributed by atoms with Crippen molar-refractivity contribution < 1.29 is 23.5 Å². The Morgan fingerprint density at radius 1 is 1.18 bits per heavy atom. The summed E-state index contributed by atoms with van der Waals surface area (Å²) in [4.78, 5) is 37.7. The number of halogens is 1. The molecule has 1 aliphatic heterocycles. The Bertz CT molecular complexity index is 975. The van der Waals surface area contributed by atoms with E-state index in [0.717, 1.165) is 13.5 Å². The second-order valence-corrected chi connectivity index (χ2v) is 6.34. The summed E-state index contributed by atoms with van der Waals surface area (Å²) >= 11 is 0. The first-order valence-electron chi connectivity index (χ1n) is 8.63.